The van der Waals surface area contributed by atoms with E-state index in [-0.39, 0.29) is 190 Å². The molecular weight excluding hydrogens is 1990 g/mol. The first-order chi connectivity index (χ1) is 72.6. The molecule has 6 aliphatic rings. The van der Waals surface area contributed by atoms with Gasteiger partial charge in [-0.25, -0.2) is 14.4 Å². The number of aliphatic hydroxyl groups excluding tert-OH is 3. The van der Waals surface area contributed by atoms with E-state index in [1.54, 1.807) is 24.3 Å². The Hall–Kier alpha value is -11.1. The van der Waals surface area contributed by atoms with Crippen LogP contribution in [0.3, 0.4) is 0 Å². The number of benzene rings is 1. The number of alkyl carbamates (subject to hydrolysis) is 3. The third-order valence-electron chi connectivity index (χ3n) is 20.6. The molecule has 12 N–H and O–H groups in total. The number of aliphatic hydroxyl groups is 3. The number of para-hydroxylation sites is 1. The van der Waals surface area contributed by atoms with Crippen molar-refractivity contribution in [3.05, 3.63) is 87.7 Å². The molecule has 56 heteroatoms. The van der Waals surface area contributed by atoms with E-state index in [1.165, 1.54) is 53.1 Å². The summed E-state index contributed by atoms with van der Waals surface area (Å²) in [6.45, 7) is 15.8. The summed E-state index contributed by atoms with van der Waals surface area (Å²) in [5, 5.41) is 50.1. The van der Waals surface area contributed by atoms with E-state index >= 15 is 0 Å². The standard InChI is InChI=1S/C43H59N7O12S.C13H19N5O6.C13H21N3O6.C12H25N3O6.C12H26O7/c51-35-15-14-33(47-35)41(57)48-32(40(56)46-31-7-3-1-4-8-31)9-5-2-6-26-63-34-27-38(54)50(42(34)58)28-29-10-12-30(13-11-29)39(55)44-19-21-60-22-23-61-24-25-62-43(59)45-18-20-49-36(52)16-17-37(49)53;14-17-16-4-6-22-7-8-23-9-10-24-13(21)15-3-5-18-11(19)1-2-12(18)20;14-3-6-20-7-8-21-9-10-22-13(19)15-4-5-16-11(17)1-2-12(16)18;13-15-14-1-3-17-5-7-19-9-11-21-12-10-20-8-6-18-4-2-16;13-1-3-15-5-7-17-9-11-19-12-10-18-8-6-16-4-2-14/h1,3-4,7-8,16-17,29-30,32-34H,2,5-6,9-15,18-28H2,(H,44,55)(H,45,59)(H,46,56)(H,47,51)(H,48,57);1-2H,3-10H2,(H,15,21);1-2H,3-10,14H2,(H,15,19);16H,1-12H2;13-14H,1-12H2/t29?,30?,32-,33+,34?;;;;/m0..../s1. The maximum Gasteiger partial charge on any atom is 0.407 e. The van der Waals surface area contributed by atoms with Crippen LogP contribution in [-0.4, -0.2) is 470 Å². The van der Waals surface area contributed by atoms with Crippen LogP contribution in [0, 0.1) is 11.8 Å². The Morgan fingerprint density at radius 2 is 0.772 bits per heavy atom. The normalized spacial score (nSPS) is 16.1. The number of hydrogen-bond donors (Lipinski definition) is 11. The number of unbranched alkanes of at least 4 members (excludes halogenated alkanes) is 2. The smallest absolute Gasteiger partial charge is 0.407 e. The van der Waals surface area contributed by atoms with E-state index in [4.69, 9.17) is 122 Å². The van der Waals surface area contributed by atoms with Gasteiger partial charge in [0.05, 0.1) is 236 Å². The minimum Gasteiger partial charge on any atom is -0.447 e. The molecule has 5 heterocycles. The number of nitrogens with one attached hydrogen (secondary N) is 7. The monoisotopic (exact) mass is 2140 g/mol. The maximum atomic E-state index is 13.2. The van der Waals surface area contributed by atoms with Gasteiger partial charge in [0, 0.05) is 143 Å². The zero-order valence-corrected chi connectivity index (χ0v) is 85.4. The first kappa shape index (κ1) is 132. The molecule has 0 radical (unpaired) electrons. The van der Waals surface area contributed by atoms with Gasteiger partial charge < -0.3 is 148 Å². The Morgan fingerprint density at radius 1 is 0.416 bits per heavy atom. The number of likely N-dealkylation sites (tertiary alicyclic amines) is 1. The lowest BCUT2D eigenvalue weighted by atomic mass is 9.81. The van der Waals surface area contributed by atoms with Gasteiger partial charge in [-0.15, -0.1) is 11.8 Å². The number of nitrogens with zero attached hydrogens (tertiary/aromatic N) is 10. The molecule has 840 valence electrons. The molecule has 1 saturated carbocycles. The third-order valence-corrected chi connectivity index (χ3v) is 21.9. The second-order valence-corrected chi connectivity index (χ2v) is 33.0. The number of thioether (sulfide) groups is 1. The quantitative estimate of drug-likeness (QED) is 0.00973. The minimum atomic E-state index is -0.779. The average molecular weight is 2140 g/mol. The predicted molar refractivity (Wildman–Crippen MR) is 530 cm³/mol. The Balaban J connectivity index is 0.000000543. The molecule has 3 fully saturated rings. The maximum absolute atomic E-state index is 13.2. The van der Waals surface area contributed by atoms with E-state index in [0.29, 0.717) is 248 Å². The van der Waals surface area contributed by atoms with Crippen LogP contribution in [-0.2, 0) is 148 Å². The highest BCUT2D eigenvalue weighted by molar-refractivity contribution is 8.00. The van der Waals surface area contributed by atoms with Crippen LogP contribution in [0.4, 0.5) is 20.1 Å². The second-order valence-electron chi connectivity index (χ2n) is 31.7. The number of amides is 15. The van der Waals surface area contributed by atoms with Crippen molar-refractivity contribution in [1.82, 2.24) is 51.5 Å². The van der Waals surface area contributed by atoms with Gasteiger partial charge in [0.2, 0.25) is 35.4 Å². The summed E-state index contributed by atoms with van der Waals surface area (Å²) < 4.78 is 97.9. The number of ether oxygens (including phenoxy) is 19. The van der Waals surface area contributed by atoms with Crippen molar-refractivity contribution in [2.45, 2.75) is 88.0 Å². The van der Waals surface area contributed by atoms with Gasteiger partial charge in [0.25, 0.3) is 35.4 Å². The lowest BCUT2D eigenvalue weighted by Crippen LogP contribution is -2.50. The highest BCUT2D eigenvalue weighted by atomic mass is 32.2. The van der Waals surface area contributed by atoms with Crippen molar-refractivity contribution < 1.29 is 177 Å². The molecule has 7 rings (SSSR count). The molecule has 149 heavy (non-hydrogen) atoms. The van der Waals surface area contributed by atoms with Crippen molar-refractivity contribution in [3.8, 4) is 0 Å². The Bertz CT molecular complexity index is 4070. The first-order valence-corrected chi connectivity index (χ1v) is 50.5. The summed E-state index contributed by atoms with van der Waals surface area (Å²) in [5.41, 5.74) is 21.9. The lowest BCUT2D eigenvalue weighted by Gasteiger charge is -2.30. The first-order valence-electron chi connectivity index (χ1n) is 49.4. The number of anilines is 1. The Labute approximate surface area is 869 Å². The summed E-state index contributed by atoms with van der Waals surface area (Å²) in [5.74, 6) is -3.00. The van der Waals surface area contributed by atoms with Crippen LogP contribution in [0.5, 0.6) is 0 Å². The highest BCUT2D eigenvalue weighted by Gasteiger charge is 2.41. The summed E-state index contributed by atoms with van der Waals surface area (Å²) in [7, 11) is 0. The minimum absolute atomic E-state index is 0.0117. The fourth-order valence-electron chi connectivity index (χ4n) is 13.2. The van der Waals surface area contributed by atoms with Crippen molar-refractivity contribution in [2.75, 3.05) is 334 Å². The van der Waals surface area contributed by atoms with Gasteiger partial charge in [-0.3, -0.25) is 77.1 Å². The molecule has 1 aliphatic carbocycles. The van der Waals surface area contributed by atoms with E-state index in [1.807, 2.05) is 6.07 Å². The largest absolute Gasteiger partial charge is 0.447 e. The van der Waals surface area contributed by atoms with Gasteiger partial charge in [-0.05, 0) is 79.8 Å². The zero-order chi connectivity index (χ0) is 108. The molecule has 15 amide bonds. The molecule has 5 aliphatic heterocycles. The molecular formula is C93H150N18O37S. The van der Waals surface area contributed by atoms with Crippen LogP contribution < -0.4 is 43.0 Å². The van der Waals surface area contributed by atoms with E-state index in [0.717, 1.165) is 40.4 Å². The summed E-state index contributed by atoms with van der Waals surface area (Å²) in [4.78, 5) is 189. The lowest BCUT2D eigenvalue weighted by molar-refractivity contribution is -0.140. The molecule has 0 aromatic heterocycles. The highest BCUT2D eigenvalue weighted by Crippen LogP contribution is 2.33. The van der Waals surface area contributed by atoms with Gasteiger partial charge in [-0.1, -0.05) is 41.3 Å². The third kappa shape index (κ3) is 68.3. The number of imide groups is 4. The number of hydrogen-bond acceptors (Lipinski definition) is 41. The van der Waals surface area contributed by atoms with Crippen LogP contribution in [0.25, 0.3) is 20.9 Å². The zero-order valence-electron chi connectivity index (χ0n) is 84.6. The summed E-state index contributed by atoms with van der Waals surface area (Å²) in [6, 6.07) is 7.54. The number of carbonyl (C=O) groups is 15. The predicted octanol–water partition coefficient (Wildman–Crippen LogP) is -0.547. The van der Waals surface area contributed by atoms with Crippen molar-refractivity contribution in [3.63, 3.8) is 0 Å². The molecule has 3 atom stereocenters. The fraction of sp³-hybridized carbons (Fsp3) is 0.710. The van der Waals surface area contributed by atoms with E-state index in [2.05, 4.69) is 57.3 Å². The van der Waals surface area contributed by atoms with Crippen LogP contribution >= 0.6 is 11.8 Å². The molecule has 55 nitrogen and oxygen atoms in total. The molecule has 1 aromatic rings. The van der Waals surface area contributed by atoms with Crippen LogP contribution in [0.1, 0.15) is 70.6 Å². The summed E-state index contributed by atoms with van der Waals surface area (Å²) in [6.07, 6.45) is 11.3. The number of azide groups is 2. The van der Waals surface area contributed by atoms with E-state index < -0.39 is 59.2 Å². The van der Waals surface area contributed by atoms with Crippen molar-refractivity contribution in [2.24, 2.45) is 27.8 Å². The molecule has 0 spiro atoms. The number of nitrogens with two attached hydrogens (primary N) is 1. The fourth-order valence-corrected chi connectivity index (χ4v) is 14.4. The van der Waals surface area contributed by atoms with Gasteiger partial charge in [0.15, 0.2) is 0 Å². The van der Waals surface area contributed by atoms with Gasteiger partial charge in [-0.2, -0.15) is 0 Å². The number of carbonyl (C=O) groups excluding carboxylic acids is 15. The van der Waals surface area contributed by atoms with Gasteiger partial charge >= 0.3 is 18.3 Å². The molecule has 1 aromatic carbocycles. The van der Waals surface area contributed by atoms with Crippen LogP contribution in [0.15, 0.2) is 77.0 Å². The molecule has 0 bridgehead atoms. The van der Waals surface area contributed by atoms with Crippen molar-refractivity contribution >= 4 is 107 Å². The average Bonchev–Trinajstić information content (AvgIpc) is 1.79. The topological polar surface area (TPSA) is 713 Å². The number of rotatable bonds is 82. The Morgan fingerprint density at radius 3 is 1.13 bits per heavy atom. The van der Waals surface area contributed by atoms with Crippen LogP contribution in [0.2, 0.25) is 0 Å². The van der Waals surface area contributed by atoms with E-state index in [9.17, 15) is 71.9 Å². The summed E-state index contributed by atoms with van der Waals surface area (Å²) >= 11 is 1.48. The second kappa shape index (κ2) is 90.7. The Kier molecular flexibility index (Phi) is 80.4. The van der Waals surface area contributed by atoms with Crippen molar-refractivity contribution in [1.29, 1.82) is 0 Å². The molecule has 2 saturated heterocycles. The van der Waals surface area contributed by atoms with Gasteiger partial charge in [0.1, 0.15) is 31.9 Å². The molecule has 1 unspecified atom stereocenters. The SMILES string of the molecule is NCCOCCOCCOC(=O)NCCN1C(=O)C=CC1=O.O=C1CC[C@H](C(=O)N[C@@H](CCCCCSC2CC(=O)N(CC3CCC(C(=O)NCCOCCOCCOC(=O)NCCN4C(=O)C=CC4=O)CC3)C2=O)C(=O)Nc2ccccc2)N1.OCCOCCOCCOCCOCCOCCO.[N-]=[N+]=NCCOCCOCCOC(=O)NCCN1C(=O)C=CC1=O.[N-]=[N+]=NCCOCCOCCOCCOCCOCCO.